The molecule has 1 aromatic heterocycles. The lowest BCUT2D eigenvalue weighted by atomic mass is 9.82. The van der Waals surface area contributed by atoms with Crippen molar-refractivity contribution in [3.8, 4) is 0 Å². The lowest BCUT2D eigenvalue weighted by Gasteiger charge is -2.34. The van der Waals surface area contributed by atoms with Gasteiger partial charge in [0.05, 0.1) is 6.54 Å². The lowest BCUT2D eigenvalue weighted by Crippen LogP contribution is -2.42. The van der Waals surface area contributed by atoms with Gasteiger partial charge in [-0.1, -0.05) is 13.0 Å². The van der Waals surface area contributed by atoms with Gasteiger partial charge in [-0.15, -0.1) is 0 Å². The quantitative estimate of drug-likeness (QED) is 0.859. The van der Waals surface area contributed by atoms with E-state index >= 15 is 0 Å². The van der Waals surface area contributed by atoms with Gasteiger partial charge in [-0.05, 0) is 12.6 Å². The largest absolute Gasteiger partial charge is 0.383 e. The van der Waals surface area contributed by atoms with Crippen molar-refractivity contribution in [3.63, 3.8) is 0 Å². The van der Waals surface area contributed by atoms with Crippen molar-refractivity contribution in [3.05, 3.63) is 48.1 Å². The van der Waals surface area contributed by atoms with E-state index in [1.165, 1.54) is 23.4 Å². The average Bonchev–Trinajstić information content (AvgIpc) is 2.90. The highest BCUT2D eigenvalue weighted by atomic mass is 19.1. The summed E-state index contributed by atoms with van der Waals surface area (Å²) in [6, 6.07) is 3.08. The van der Waals surface area contributed by atoms with Crippen molar-refractivity contribution >= 4 is 0 Å². The standard InChI is InChI=1S/C13H16F2N4O/c1-9(5-16)13(20,6-19-8-17-7-18-19)11-3-2-10(14)4-12(11)15/h2-4,7-9,20H,5-6,16H2,1H3. The highest BCUT2D eigenvalue weighted by molar-refractivity contribution is 5.26. The third kappa shape index (κ3) is 2.68. The maximum absolute atomic E-state index is 14.0. The van der Waals surface area contributed by atoms with Crippen LogP contribution < -0.4 is 5.73 Å². The molecule has 2 atom stereocenters. The fourth-order valence-electron chi connectivity index (χ4n) is 2.10. The molecule has 5 nitrogen and oxygen atoms in total. The van der Waals surface area contributed by atoms with E-state index in [1.807, 2.05) is 0 Å². The Hall–Kier alpha value is -1.86. The van der Waals surface area contributed by atoms with Crippen LogP contribution in [-0.2, 0) is 12.1 Å². The number of halogens is 2. The Morgan fingerprint density at radius 2 is 2.20 bits per heavy atom. The molecule has 0 bridgehead atoms. The number of aromatic nitrogens is 3. The van der Waals surface area contributed by atoms with Gasteiger partial charge in [-0.3, -0.25) is 0 Å². The van der Waals surface area contributed by atoms with Crippen LogP contribution in [0.4, 0.5) is 8.78 Å². The summed E-state index contributed by atoms with van der Waals surface area (Å²) in [6.45, 7) is 1.82. The second-order valence-electron chi connectivity index (χ2n) is 4.78. The normalized spacial score (nSPS) is 15.8. The Morgan fingerprint density at radius 3 is 2.75 bits per heavy atom. The maximum Gasteiger partial charge on any atom is 0.137 e. The van der Waals surface area contributed by atoms with Crippen molar-refractivity contribution in [1.82, 2.24) is 14.8 Å². The molecule has 2 aromatic rings. The Morgan fingerprint density at radius 1 is 1.45 bits per heavy atom. The van der Waals surface area contributed by atoms with Crippen molar-refractivity contribution in [2.75, 3.05) is 6.54 Å². The van der Waals surface area contributed by atoms with Crippen LogP contribution >= 0.6 is 0 Å². The second-order valence-corrected chi connectivity index (χ2v) is 4.78. The van der Waals surface area contributed by atoms with Crippen LogP contribution in [0.25, 0.3) is 0 Å². The van der Waals surface area contributed by atoms with E-state index in [4.69, 9.17) is 5.73 Å². The lowest BCUT2D eigenvalue weighted by molar-refractivity contribution is -0.0357. The van der Waals surface area contributed by atoms with Crippen LogP contribution in [0.2, 0.25) is 0 Å². The van der Waals surface area contributed by atoms with Gasteiger partial charge >= 0.3 is 0 Å². The number of rotatable bonds is 5. The molecule has 1 aromatic carbocycles. The number of nitrogens with zero attached hydrogens (tertiary/aromatic N) is 3. The first-order valence-corrected chi connectivity index (χ1v) is 6.17. The summed E-state index contributed by atoms with van der Waals surface area (Å²) in [5.74, 6) is -1.96. The van der Waals surface area contributed by atoms with Crippen LogP contribution in [0.3, 0.4) is 0 Å². The van der Waals surface area contributed by atoms with Crippen LogP contribution in [0.15, 0.2) is 30.9 Å². The fourth-order valence-corrected chi connectivity index (χ4v) is 2.10. The van der Waals surface area contributed by atoms with Gasteiger partial charge in [-0.2, -0.15) is 5.10 Å². The molecule has 20 heavy (non-hydrogen) atoms. The van der Waals surface area contributed by atoms with Crippen molar-refractivity contribution in [1.29, 1.82) is 0 Å². The van der Waals surface area contributed by atoms with E-state index < -0.39 is 23.2 Å². The molecule has 1 heterocycles. The van der Waals surface area contributed by atoms with Gasteiger partial charge in [-0.25, -0.2) is 18.4 Å². The van der Waals surface area contributed by atoms with Crippen LogP contribution in [0.1, 0.15) is 12.5 Å². The van der Waals surface area contributed by atoms with E-state index in [2.05, 4.69) is 10.1 Å². The minimum atomic E-state index is -1.60. The van der Waals surface area contributed by atoms with E-state index in [0.717, 1.165) is 12.1 Å². The van der Waals surface area contributed by atoms with Gasteiger partial charge in [0.25, 0.3) is 0 Å². The summed E-state index contributed by atoms with van der Waals surface area (Å²) in [5.41, 5.74) is 4.00. The van der Waals surface area contributed by atoms with Gasteiger partial charge in [0.15, 0.2) is 0 Å². The Balaban J connectivity index is 2.45. The smallest absolute Gasteiger partial charge is 0.137 e. The van der Waals surface area contributed by atoms with E-state index in [1.54, 1.807) is 6.92 Å². The number of hydrogen-bond acceptors (Lipinski definition) is 4. The highest BCUT2D eigenvalue weighted by Gasteiger charge is 2.38. The first-order valence-electron chi connectivity index (χ1n) is 6.17. The predicted molar refractivity (Wildman–Crippen MR) is 68.5 cm³/mol. The van der Waals surface area contributed by atoms with Gasteiger partial charge in [0.1, 0.15) is 29.9 Å². The molecule has 0 aliphatic rings. The Kier molecular flexibility index (Phi) is 4.10. The molecular weight excluding hydrogens is 266 g/mol. The maximum atomic E-state index is 14.0. The number of hydrogen-bond donors (Lipinski definition) is 2. The summed E-state index contributed by atoms with van der Waals surface area (Å²) in [5, 5.41) is 14.8. The first kappa shape index (κ1) is 14.5. The minimum absolute atomic E-state index is 0.00708. The predicted octanol–water partition coefficient (Wildman–Crippen LogP) is 1.04. The molecule has 0 aliphatic carbocycles. The number of benzene rings is 1. The van der Waals surface area contributed by atoms with Gasteiger partial charge < -0.3 is 10.8 Å². The molecule has 0 saturated carbocycles. The molecular formula is C13H16F2N4O. The summed E-state index contributed by atoms with van der Waals surface area (Å²) in [6.07, 6.45) is 2.73. The topological polar surface area (TPSA) is 77.0 Å². The van der Waals surface area contributed by atoms with E-state index in [9.17, 15) is 13.9 Å². The molecule has 0 radical (unpaired) electrons. The van der Waals surface area contributed by atoms with Crippen LogP contribution in [0, 0.1) is 17.6 Å². The summed E-state index contributed by atoms with van der Waals surface area (Å²) < 4.78 is 28.4. The molecule has 2 unspecified atom stereocenters. The van der Waals surface area contributed by atoms with E-state index in [-0.39, 0.29) is 18.7 Å². The Bertz CT molecular complexity index is 576. The van der Waals surface area contributed by atoms with Crippen molar-refractivity contribution in [2.45, 2.75) is 19.1 Å². The van der Waals surface area contributed by atoms with Crippen LogP contribution in [-0.4, -0.2) is 26.4 Å². The first-order chi connectivity index (χ1) is 9.47. The zero-order valence-corrected chi connectivity index (χ0v) is 11.0. The fraction of sp³-hybridized carbons (Fsp3) is 0.385. The summed E-state index contributed by atoms with van der Waals surface area (Å²) in [4.78, 5) is 3.78. The van der Waals surface area contributed by atoms with Gasteiger partial charge in [0, 0.05) is 17.5 Å². The third-order valence-electron chi connectivity index (χ3n) is 3.44. The van der Waals surface area contributed by atoms with Crippen molar-refractivity contribution in [2.24, 2.45) is 11.7 Å². The molecule has 0 spiro atoms. The molecule has 7 heteroatoms. The molecule has 0 amide bonds. The van der Waals surface area contributed by atoms with Crippen molar-refractivity contribution < 1.29 is 13.9 Å². The zero-order chi connectivity index (χ0) is 14.8. The number of aliphatic hydroxyl groups is 1. The zero-order valence-electron chi connectivity index (χ0n) is 11.0. The molecule has 108 valence electrons. The highest BCUT2D eigenvalue weighted by Crippen LogP contribution is 2.33. The van der Waals surface area contributed by atoms with E-state index in [0.29, 0.717) is 0 Å². The minimum Gasteiger partial charge on any atom is -0.383 e. The number of nitrogens with two attached hydrogens (primary N) is 1. The Labute approximate surface area is 115 Å². The second kappa shape index (κ2) is 5.64. The molecule has 0 saturated heterocycles. The SMILES string of the molecule is CC(CN)C(O)(Cn1cncn1)c1ccc(F)cc1F. The average molecular weight is 282 g/mol. The summed E-state index contributed by atoms with van der Waals surface area (Å²) in [7, 11) is 0. The molecule has 0 fully saturated rings. The van der Waals surface area contributed by atoms with Gasteiger partial charge in [0.2, 0.25) is 0 Å². The molecule has 3 N–H and O–H groups in total. The molecule has 0 aliphatic heterocycles. The molecule has 2 rings (SSSR count). The third-order valence-corrected chi connectivity index (χ3v) is 3.44. The summed E-state index contributed by atoms with van der Waals surface area (Å²) >= 11 is 0. The van der Waals surface area contributed by atoms with Crippen LogP contribution in [0.5, 0.6) is 0 Å². The monoisotopic (exact) mass is 282 g/mol.